The average molecular weight is 307 g/mol. The van der Waals surface area contributed by atoms with Crippen molar-refractivity contribution in [3.05, 3.63) is 23.9 Å². The van der Waals surface area contributed by atoms with Crippen LogP contribution in [0.5, 0.6) is 0 Å². The second kappa shape index (κ2) is 7.90. The summed E-state index contributed by atoms with van der Waals surface area (Å²) >= 11 is 0. The minimum Gasteiger partial charge on any atom is -0.396 e. The van der Waals surface area contributed by atoms with E-state index in [2.05, 4.69) is 22.0 Å². The lowest BCUT2D eigenvalue weighted by Crippen LogP contribution is -2.45. The number of hydrogen-bond donors (Lipinski definition) is 1. The molecular weight excluding hydrogens is 278 g/mol. The Morgan fingerprint density at radius 1 is 1.41 bits per heavy atom. The summed E-state index contributed by atoms with van der Waals surface area (Å²) in [5, 5.41) is 9.85. The van der Waals surface area contributed by atoms with Gasteiger partial charge in [0.25, 0.3) is 0 Å². The smallest absolute Gasteiger partial charge is 0.127 e. The topological polar surface area (TPSA) is 48.8 Å². The molecule has 5 heteroatoms. The number of anilines is 1. The number of aliphatic hydroxyl groups excluding tert-OH is 1. The Balaban J connectivity index is 1.97. The maximum atomic E-state index is 9.85. The summed E-state index contributed by atoms with van der Waals surface area (Å²) in [4.78, 5) is 8.92. The molecule has 0 saturated carbocycles. The third kappa shape index (κ3) is 4.41. The molecule has 0 bridgehead atoms. The van der Waals surface area contributed by atoms with E-state index in [9.17, 15) is 5.11 Å². The lowest BCUT2D eigenvalue weighted by atomic mass is 9.78. The molecule has 1 saturated heterocycles. The maximum Gasteiger partial charge on any atom is 0.127 e. The first-order chi connectivity index (χ1) is 10.6. The summed E-state index contributed by atoms with van der Waals surface area (Å²) in [5.41, 5.74) is 1.22. The molecule has 1 aliphatic heterocycles. The van der Waals surface area contributed by atoms with E-state index >= 15 is 0 Å². The number of rotatable bonds is 7. The van der Waals surface area contributed by atoms with Gasteiger partial charge in [0.1, 0.15) is 5.82 Å². The third-order valence-electron chi connectivity index (χ3n) is 4.59. The quantitative estimate of drug-likeness (QED) is 0.832. The van der Waals surface area contributed by atoms with E-state index in [1.54, 1.807) is 7.11 Å². The largest absolute Gasteiger partial charge is 0.396 e. The number of pyridine rings is 1. The normalized spacial score (nSPS) is 22.7. The van der Waals surface area contributed by atoms with Gasteiger partial charge in [0, 0.05) is 52.5 Å². The number of hydrogen-bond acceptors (Lipinski definition) is 5. The van der Waals surface area contributed by atoms with Crippen LogP contribution in [0, 0.1) is 5.41 Å². The number of ether oxygens (including phenoxy) is 1. The number of piperidine rings is 1. The average Bonchev–Trinajstić information content (AvgIpc) is 2.54. The van der Waals surface area contributed by atoms with Crippen molar-refractivity contribution in [2.45, 2.75) is 25.8 Å². The van der Waals surface area contributed by atoms with Crippen LogP contribution >= 0.6 is 0 Å². The Labute approximate surface area is 133 Å². The number of nitrogens with zero attached hydrogens (tertiary/aromatic N) is 3. The van der Waals surface area contributed by atoms with Crippen molar-refractivity contribution in [2.75, 3.05) is 52.4 Å². The molecule has 1 fully saturated rings. The Bertz CT molecular complexity index is 450. The molecule has 1 unspecified atom stereocenters. The van der Waals surface area contributed by atoms with Gasteiger partial charge in [-0.1, -0.05) is 6.07 Å². The van der Waals surface area contributed by atoms with Gasteiger partial charge in [0.15, 0.2) is 0 Å². The van der Waals surface area contributed by atoms with Gasteiger partial charge in [-0.15, -0.1) is 0 Å². The van der Waals surface area contributed by atoms with Gasteiger partial charge in [-0.25, -0.2) is 4.98 Å². The summed E-state index contributed by atoms with van der Waals surface area (Å²) in [5.74, 6) is 0.979. The number of aliphatic hydroxyl groups is 1. The van der Waals surface area contributed by atoms with Crippen LogP contribution in [0.2, 0.25) is 0 Å². The maximum absolute atomic E-state index is 9.85. The van der Waals surface area contributed by atoms with Crippen molar-refractivity contribution < 1.29 is 9.84 Å². The van der Waals surface area contributed by atoms with Crippen molar-refractivity contribution in [2.24, 2.45) is 5.41 Å². The van der Waals surface area contributed by atoms with Crippen LogP contribution in [0.15, 0.2) is 18.3 Å². The van der Waals surface area contributed by atoms with Gasteiger partial charge in [-0.2, -0.15) is 0 Å². The minimum atomic E-state index is -0.00867. The molecule has 22 heavy (non-hydrogen) atoms. The van der Waals surface area contributed by atoms with Gasteiger partial charge in [-0.05, 0) is 37.4 Å². The van der Waals surface area contributed by atoms with E-state index in [4.69, 9.17) is 4.74 Å². The van der Waals surface area contributed by atoms with Crippen LogP contribution in [0.1, 0.15) is 24.8 Å². The summed E-state index contributed by atoms with van der Waals surface area (Å²) in [7, 11) is 5.72. The fraction of sp³-hybridized carbons (Fsp3) is 0.706. The van der Waals surface area contributed by atoms with Gasteiger partial charge in [-0.3, -0.25) is 4.90 Å². The van der Waals surface area contributed by atoms with Gasteiger partial charge < -0.3 is 14.7 Å². The predicted octanol–water partition coefficient (Wildman–Crippen LogP) is 1.76. The molecule has 0 aliphatic carbocycles. The van der Waals surface area contributed by atoms with Crippen LogP contribution in [0.4, 0.5) is 5.82 Å². The monoisotopic (exact) mass is 307 g/mol. The molecule has 124 valence electrons. The van der Waals surface area contributed by atoms with Gasteiger partial charge in [0.2, 0.25) is 0 Å². The summed E-state index contributed by atoms with van der Waals surface area (Å²) in [6, 6.07) is 4.20. The van der Waals surface area contributed by atoms with E-state index in [1.807, 2.05) is 25.2 Å². The van der Waals surface area contributed by atoms with Crippen molar-refractivity contribution in [1.29, 1.82) is 0 Å². The second-order valence-electron chi connectivity index (χ2n) is 6.63. The molecular formula is C17H29N3O2. The lowest BCUT2D eigenvalue weighted by molar-refractivity contribution is 0.00473. The highest BCUT2D eigenvalue weighted by molar-refractivity contribution is 5.37. The van der Waals surface area contributed by atoms with Crippen molar-refractivity contribution in [3.63, 3.8) is 0 Å². The molecule has 0 spiro atoms. The molecule has 0 aromatic carbocycles. The van der Waals surface area contributed by atoms with Gasteiger partial charge >= 0.3 is 0 Å². The number of aromatic nitrogens is 1. The van der Waals surface area contributed by atoms with E-state index < -0.39 is 0 Å². The molecule has 1 N–H and O–H groups in total. The van der Waals surface area contributed by atoms with E-state index in [0.717, 1.165) is 44.7 Å². The zero-order chi connectivity index (χ0) is 16.0. The first-order valence-electron chi connectivity index (χ1n) is 8.03. The van der Waals surface area contributed by atoms with Crippen LogP contribution in [-0.2, 0) is 11.3 Å². The third-order valence-corrected chi connectivity index (χ3v) is 4.59. The molecule has 1 atom stereocenters. The SMILES string of the molecule is COCCC1(CO)CCCN(Cc2ccc(N(C)C)nc2)C1. The zero-order valence-electron chi connectivity index (χ0n) is 14.1. The fourth-order valence-corrected chi connectivity index (χ4v) is 3.21. The van der Waals surface area contributed by atoms with E-state index in [-0.39, 0.29) is 12.0 Å². The minimum absolute atomic E-state index is 0.00867. The van der Waals surface area contributed by atoms with E-state index in [1.165, 1.54) is 5.56 Å². The van der Waals surface area contributed by atoms with Crippen LogP contribution < -0.4 is 4.90 Å². The zero-order valence-corrected chi connectivity index (χ0v) is 14.1. The van der Waals surface area contributed by atoms with Gasteiger partial charge in [0.05, 0.1) is 6.61 Å². The van der Waals surface area contributed by atoms with E-state index in [0.29, 0.717) is 6.61 Å². The fourth-order valence-electron chi connectivity index (χ4n) is 3.21. The molecule has 2 heterocycles. The molecule has 5 nitrogen and oxygen atoms in total. The Kier molecular flexibility index (Phi) is 6.17. The molecule has 0 amide bonds. The molecule has 1 aromatic rings. The number of likely N-dealkylation sites (tertiary alicyclic amines) is 1. The first-order valence-corrected chi connectivity index (χ1v) is 8.03. The van der Waals surface area contributed by atoms with Crippen LogP contribution in [0.25, 0.3) is 0 Å². The summed E-state index contributed by atoms with van der Waals surface area (Å²) in [6.45, 7) is 3.88. The lowest BCUT2D eigenvalue weighted by Gasteiger charge is -2.42. The first kappa shape index (κ1) is 17.2. The van der Waals surface area contributed by atoms with Crippen molar-refractivity contribution >= 4 is 5.82 Å². The highest BCUT2D eigenvalue weighted by Crippen LogP contribution is 2.33. The van der Waals surface area contributed by atoms with Crippen LogP contribution in [0.3, 0.4) is 0 Å². The highest BCUT2D eigenvalue weighted by Gasteiger charge is 2.34. The summed E-state index contributed by atoms with van der Waals surface area (Å²) in [6.07, 6.45) is 5.10. The summed E-state index contributed by atoms with van der Waals surface area (Å²) < 4.78 is 5.22. The molecule has 2 rings (SSSR count). The Hall–Kier alpha value is -1.17. The predicted molar refractivity (Wildman–Crippen MR) is 89.1 cm³/mol. The molecule has 1 aromatic heterocycles. The van der Waals surface area contributed by atoms with Crippen molar-refractivity contribution in [1.82, 2.24) is 9.88 Å². The standard InChI is InChI=1S/C17H29N3O2/c1-19(2)16-6-5-15(11-18-16)12-20-9-4-7-17(13-20,14-21)8-10-22-3/h5-6,11,21H,4,7-10,12-14H2,1-3H3. The molecule has 1 aliphatic rings. The highest BCUT2D eigenvalue weighted by atomic mass is 16.5. The number of methoxy groups -OCH3 is 1. The molecule has 0 radical (unpaired) electrons. The Morgan fingerprint density at radius 3 is 2.82 bits per heavy atom. The van der Waals surface area contributed by atoms with Crippen molar-refractivity contribution in [3.8, 4) is 0 Å². The van der Waals surface area contributed by atoms with Crippen LogP contribution in [-0.4, -0.2) is 62.5 Å². The second-order valence-corrected chi connectivity index (χ2v) is 6.63. The Morgan fingerprint density at radius 2 is 2.23 bits per heavy atom.